The third-order valence-electron chi connectivity index (χ3n) is 6.26. The average Bonchev–Trinajstić information content (AvgIpc) is 3.36. The molecule has 0 radical (unpaired) electrons. The molecule has 2 aromatic rings. The highest BCUT2D eigenvalue weighted by Gasteiger charge is 2.35. The fourth-order valence-electron chi connectivity index (χ4n) is 4.39. The minimum absolute atomic E-state index is 0.109. The Bertz CT molecular complexity index is 1070. The van der Waals surface area contributed by atoms with Crippen LogP contribution in [0, 0.1) is 0 Å². The van der Waals surface area contributed by atoms with Crippen molar-refractivity contribution in [2.45, 2.75) is 18.5 Å². The van der Waals surface area contributed by atoms with E-state index >= 15 is 0 Å². The van der Waals surface area contributed by atoms with Crippen LogP contribution in [0.1, 0.15) is 18.0 Å². The molecule has 4 rings (SSSR count). The summed E-state index contributed by atoms with van der Waals surface area (Å²) in [7, 11) is 3.19. The fraction of sp³-hybridized carbons (Fsp3) is 0.400. The number of carbonyl (C=O) groups is 2. The maximum atomic E-state index is 13.1. The number of ether oxygens (including phenoxy) is 3. The molecule has 2 unspecified atom stereocenters. The predicted octanol–water partition coefficient (Wildman–Crippen LogP) is 1.31. The third kappa shape index (κ3) is 5.55. The number of anilines is 1. The number of primary amides is 1. The van der Waals surface area contributed by atoms with Crippen molar-refractivity contribution in [1.29, 1.82) is 0 Å². The lowest BCUT2D eigenvalue weighted by atomic mass is 10.0. The second-order valence-electron chi connectivity index (χ2n) is 8.34. The smallest absolute Gasteiger partial charge is 0.267 e. The Labute approximate surface area is 204 Å². The molecule has 2 heterocycles. The van der Waals surface area contributed by atoms with Gasteiger partial charge in [0, 0.05) is 26.1 Å². The molecule has 0 aliphatic carbocycles. The lowest BCUT2D eigenvalue weighted by Gasteiger charge is -2.35. The molecule has 2 atom stereocenters. The van der Waals surface area contributed by atoms with Gasteiger partial charge in [-0.25, -0.2) is 0 Å². The van der Waals surface area contributed by atoms with Crippen LogP contribution in [0.15, 0.2) is 53.6 Å². The first-order valence-electron chi connectivity index (χ1n) is 11.5. The van der Waals surface area contributed by atoms with Gasteiger partial charge in [0.25, 0.3) is 5.91 Å². The minimum atomic E-state index is -0.709. The second kappa shape index (κ2) is 11.2. The van der Waals surface area contributed by atoms with Crippen molar-refractivity contribution in [3.05, 3.63) is 54.1 Å². The van der Waals surface area contributed by atoms with Crippen molar-refractivity contribution in [2.24, 2.45) is 10.8 Å². The third-order valence-corrected chi connectivity index (χ3v) is 6.26. The van der Waals surface area contributed by atoms with E-state index in [2.05, 4.69) is 15.3 Å². The highest BCUT2D eigenvalue weighted by Crippen LogP contribution is 2.32. The largest absolute Gasteiger partial charge is 0.493 e. The lowest BCUT2D eigenvalue weighted by Crippen LogP contribution is -2.45. The van der Waals surface area contributed by atoms with Crippen molar-refractivity contribution in [3.8, 4) is 11.5 Å². The molecule has 10 heteroatoms. The molecule has 0 bridgehead atoms. The molecule has 2 aliphatic heterocycles. The van der Waals surface area contributed by atoms with E-state index in [0.717, 1.165) is 18.7 Å². The fourth-order valence-corrected chi connectivity index (χ4v) is 4.39. The van der Waals surface area contributed by atoms with Gasteiger partial charge in [-0.2, -0.15) is 5.10 Å². The summed E-state index contributed by atoms with van der Waals surface area (Å²) >= 11 is 0. The molecule has 0 spiro atoms. The molecular weight excluding hydrogens is 450 g/mol. The molecule has 1 fully saturated rings. The molecule has 2 amide bonds. The molecule has 2 aliphatic rings. The van der Waals surface area contributed by atoms with E-state index < -0.39 is 11.9 Å². The maximum absolute atomic E-state index is 13.1. The standard InChI is InChI=1S/C25H31N5O5/c1-33-22-9-8-17(14-23(22)34-2)21(29-10-12-35-13-11-29)16-27-25(32)19-15-20(24(26)31)30(28-19)18-6-4-3-5-7-18/h3-9,14,20-21H,10-13,15-16H2,1-2H3,(H2,26,31)(H,27,32). The van der Waals surface area contributed by atoms with Gasteiger partial charge in [-0.05, 0) is 29.8 Å². The number of nitrogens with one attached hydrogen (secondary N) is 1. The van der Waals surface area contributed by atoms with Crippen molar-refractivity contribution in [2.75, 3.05) is 52.1 Å². The molecule has 2 aromatic carbocycles. The van der Waals surface area contributed by atoms with Crippen LogP contribution in [0.25, 0.3) is 0 Å². The van der Waals surface area contributed by atoms with Crippen molar-refractivity contribution in [3.63, 3.8) is 0 Å². The Hall–Kier alpha value is -3.63. The number of para-hydroxylation sites is 1. The number of nitrogens with two attached hydrogens (primary N) is 1. The molecule has 35 heavy (non-hydrogen) atoms. The van der Waals surface area contributed by atoms with Gasteiger partial charge in [-0.1, -0.05) is 24.3 Å². The summed E-state index contributed by atoms with van der Waals surface area (Å²) < 4.78 is 16.4. The van der Waals surface area contributed by atoms with E-state index in [1.807, 2.05) is 48.5 Å². The van der Waals surface area contributed by atoms with Crippen LogP contribution < -0.4 is 25.5 Å². The van der Waals surface area contributed by atoms with Crippen LogP contribution >= 0.6 is 0 Å². The van der Waals surface area contributed by atoms with Crippen LogP contribution in [0.5, 0.6) is 11.5 Å². The number of nitrogens with zero attached hydrogens (tertiary/aromatic N) is 3. The summed E-state index contributed by atoms with van der Waals surface area (Å²) in [6.45, 7) is 3.07. The number of rotatable bonds is 9. The van der Waals surface area contributed by atoms with Crippen LogP contribution in [0.4, 0.5) is 5.69 Å². The highest BCUT2D eigenvalue weighted by molar-refractivity contribution is 6.40. The molecule has 10 nitrogen and oxygen atoms in total. The van der Waals surface area contributed by atoms with Gasteiger partial charge in [-0.3, -0.25) is 19.5 Å². The van der Waals surface area contributed by atoms with Crippen LogP contribution in [-0.2, 0) is 14.3 Å². The van der Waals surface area contributed by atoms with E-state index in [1.54, 1.807) is 14.2 Å². The summed E-state index contributed by atoms with van der Waals surface area (Å²) in [5, 5.41) is 8.98. The average molecular weight is 482 g/mol. The van der Waals surface area contributed by atoms with Gasteiger partial charge in [0.1, 0.15) is 11.8 Å². The topological polar surface area (TPSA) is 119 Å². The van der Waals surface area contributed by atoms with Gasteiger partial charge in [0.2, 0.25) is 5.91 Å². The first kappa shape index (κ1) is 24.5. The Morgan fingerprint density at radius 2 is 1.83 bits per heavy atom. The summed E-state index contributed by atoms with van der Waals surface area (Å²) in [5.41, 5.74) is 7.57. The van der Waals surface area contributed by atoms with E-state index in [9.17, 15) is 9.59 Å². The number of hydrazone groups is 1. The lowest BCUT2D eigenvalue weighted by molar-refractivity contribution is -0.119. The SMILES string of the molecule is COc1ccc(C(CNC(=O)C2=NN(c3ccccc3)C(C(N)=O)C2)N2CCOCC2)cc1OC. The van der Waals surface area contributed by atoms with Crippen LogP contribution in [0.3, 0.4) is 0 Å². The predicted molar refractivity (Wildman–Crippen MR) is 132 cm³/mol. The minimum Gasteiger partial charge on any atom is -0.493 e. The summed E-state index contributed by atoms with van der Waals surface area (Å²) in [6.07, 6.45) is 0.147. The van der Waals surface area contributed by atoms with Gasteiger partial charge in [-0.15, -0.1) is 0 Å². The number of morpholine rings is 1. The zero-order valence-electron chi connectivity index (χ0n) is 20.0. The van der Waals surface area contributed by atoms with E-state index in [4.69, 9.17) is 19.9 Å². The van der Waals surface area contributed by atoms with E-state index in [-0.39, 0.29) is 24.1 Å². The molecule has 1 saturated heterocycles. The van der Waals surface area contributed by atoms with Gasteiger partial charge >= 0.3 is 0 Å². The second-order valence-corrected chi connectivity index (χ2v) is 8.34. The first-order chi connectivity index (χ1) is 17.0. The summed E-state index contributed by atoms with van der Waals surface area (Å²) in [4.78, 5) is 27.5. The molecule has 3 N–H and O–H groups in total. The number of methoxy groups -OCH3 is 2. The quantitative estimate of drug-likeness (QED) is 0.554. The Balaban J connectivity index is 1.52. The van der Waals surface area contributed by atoms with Crippen molar-refractivity contribution in [1.82, 2.24) is 10.2 Å². The molecule has 0 aromatic heterocycles. The van der Waals surface area contributed by atoms with E-state index in [0.29, 0.717) is 36.9 Å². The molecule has 0 saturated carbocycles. The number of hydrogen-bond acceptors (Lipinski definition) is 8. The van der Waals surface area contributed by atoms with Crippen LogP contribution in [-0.4, -0.2) is 75.5 Å². The highest BCUT2D eigenvalue weighted by atomic mass is 16.5. The monoisotopic (exact) mass is 481 g/mol. The van der Waals surface area contributed by atoms with Gasteiger partial charge in [0.15, 0.2) is 11.5 Å². The van der Waals surface area contributed by atoms with Crippen LogP contribution in [0.2, 0.25) is 0 Å². The summed E-state index contributed by atoms with van der Waals surface area (Å²) in [6, 6.07) is 14.2. The van der Waals surface area contributed by atoms with Gasteiger partial charge in [0.05, 0.1) is 39.2 Å². The maximum Gasteiger partial charge on any atom is 0.267 e. The first-order valence-corrected chi connectivity index (χ1v) is 11.5. The van der Waals surface area contributed by atoms with Crippen molar-refractivity contribution >= 4 is 23.2 Å². The van der Waals surface area contributed by atoms with E-state index in [1.165, 1.54) is 5.01 Å². The zero-order valence-corrected chi connectivity index (χ0v) is 20.0. The Morgan fingerprint density at radius 1 is 1.11 bits per heavy atom. The van der Waals surface area contributed by atoms with Gasteiger partial charge < -0.3 is 25.3 Å². The van der Waals surface area contributed by atoms with Crippen molar-refractivity contribution < 1.29 is 23.8 Å². The normalized spacial score (nSPS) is 19.1. The number of amides is 2. The number of carbonyl (C=O) groups excluding carboxylic acids is 2. The molecule has 186 valence electrons. The Morgan fingerprint density at radius 3 is 2.49 bits per heavy atom. The number of benzene rings is 2. The number of hydrogen-bond donors (Lipinski definition) is 2. The summed E-state index contributed by atoms with van der Waals surface area (Å²) in [5.74, 6) is 0.405. The zero-order chi connectivity index (χ0) is 24.8. The molecular formula is C25H31N5O5. The Kier molecular flexibility index (Phi) is 7.84.